The highest BCUT2D eigenvalue weighted by Crippen LogP contribution is 2.20. The standard InChI is InChI=1S/C13H16N2O4S/c1-8(14-12(18)10-3-2-4-20-10)13(19)15-6-9(7-15)5-11(16)17/h2-4,8-9H,5-7H2,1H3,(H,14,18)(H,16,17). The van der Waals surface area contributed by atoms with Crippen LogP contribution in [0.25, 0.3) is 0 Å². The van der Waals surface area contributed by atoms with Gasteiger partial charge in [-0.15, -0.1) is 11.3 Å². The minimum atomic E-state index is -0.846. The molecule has 2 N–H and O–H groups in total. The number of amides is 2. The van der Waals surface area contributed by atoms with Crippen LogP contribution in [-0.4, -0.2) is 46.9 Å². The minimum absolute atomic E-state index is 0.0247. The molecule has 2 amide bonds. The Balaban J connectivity index is 1.79. The van der Waals surface area contributed by atoms with Gasteiger partial charge in [-0.2, -0.15) is 0 Å². The molecular formula is C13H16N2O4S. The summed E-state index contributed by atoms with van der Waals surface area (Å²) in [7, 11) is 0. The number of likely N-dealkylation sites (tertiary alicyclic amines) is 1. The Morgan fingerprint density at radius 1 is 1.50 bits per heavy atom. The molecule has 1 aliphatic heterocycles. The normalized spacial score (nSPS) is 16.4. The Bertz CT molecular complexity index is 508. The van der Waals surface area contributed by atoms with Gasteiger partial charge in [-0.25, -0.2) is 0 Å². The molecule has 20 heavy (non-hydrogen) atoms. The molecule has 0 spiro atoms. The van der Waals surface area contributed by atoms with Crippen molar-refractivity contribution in [3.63, 3.8) is 0 Å². The van der Waals surface area contributed by atoms with Gasteiger partial charge in [0, 0.05) is 19.0 Å². The number of carboxylic acid groups (broad SMARTS) is 1. The summed E-state index contributed by atoms with van der Waals surface area (Å²) in [6, 6.07) is 2.87. The molecule has 0 radical (unpaired) electrons. The van der Waals surface area contributed by atoms with Crippen LogP contribution in [0.5, 0.6) is 0 Å². The largest absolute Gasteiger partial charge is 0.481 e. The molecule has 108 valence electrons. The van der Waals surface area contributed by atoms with Crippen LogP contribution in [0, 0.1) is 5.92 Å². The van der Waals surface area contributed by atoms with Crippen molar-refractivity contribution in [2.75, 3.05) is 13.1 Å². The van der Waals surface area contributed by atoms with Crippen LogP contribution in [0.1, 0.15) is 23.0 Å². The lowest BCUT2D eigenvalue weighted by atomic mass is 9.95. The number of thiophene rings is 1. The van der Waals surface area contributed by atoms with Gasteiger partial charge in [0.05, 0.1) is 11.3 Å². The summed E-state index contributed by atoms with van der Waals surface area (Å²) in [4.78, 5) is 36.5. The van der Waals surface area contributed by atoms with E-state index in [9.17, 15) is 14.4 Å². The summed E-state index contributed by atoms with van der Waals surface area (Å²) in [5.41, 5.74) is 0. The zero-order valence-electron chi connectivity index (χ0n) is 11.0. The van der Waals surface area contributed by atoms with E-state index >= 15 is 0 Å². The number of carbonyl (C=O) groups excluding carboxylic acids is 2. The van der Waals surface area contributed by atoms with Crippen LogP contribution in [0.3, 0.4) is 0 Å². The number of hydrogen-bond acceptors (Lipinski definition) is 4. The van der Waals surface area contributed by atoms with Gasteiger partial charge in [0.1, 0.15) is 6.04 Å². The third-order valence-corrected chi connectivity index (χ3v) is 4.06. The van der Waals surface area contributed by atoms with Gasteiger partial charge < -0.3 is 15.3 Å². The quantitative estimate of drug-likeness (QED) is 0.841. The maximum Gasteiger partial charge on any atom is 0.303 e. The van der Waals surface area contributed by atoms with E-state index in [0.717, 1.165) is 0 Å². The van der Waals surface area contributed by atoms with Gasteiger partial charge in [-0.1, -0.05) is 6.07 Å². The van der Waals surface area contributed by atoms with E-state index in [1.165, 1.54) is 11.3 Å². The van der Waals surface area contributed by atoms with Crippen molar-refractivity contribution in [3.05, 3.63) is 22.4 Å². The Labute approximate surface area is 120 Å². The first-order valence-electron chi connectivity index (χ1n) is 6.32. The molecule has 1 aliphatic rings. The highest BCUT2D eigenvalue weighted by molar-refractivity contribution is 7.12. The number of aliphatic carboxylic acids is 1. The zero-order valence-corrected chi connectivity index (χ0v) is 11.9. The van der Waals surface area contributed by atoms with Crippen molar-refractivity contribution < 1.29 is 19.5 Å². The number of nitrogens with one attached hydrogen (secondary N) is 1. The molecule has 0 aromatic carbocycles. The molecule has 0 bridgehead atoms. The molecule has 1 aromatic rings. The zero-order chi connectivity index (χ0) is 14.7. The molecule has 2 rings (SSSR count). The highest BCUT2D eigenvalue weighted by Gasteiger charge is 2.34. The van der Waals surface area contributed by atoms with Crippen molar-refractivity contribution in [1.82, 2.24) is 10.2 Å². The summed E-state index contributed by atoms with van der Waals surface area (Å²) in [6.07, 6.45) is 0.0831. The predicted molar refractivity (Wildman–Crippen MR) is 73.6 cm³/mol. The lowest BCUT2D eigenvalue weighted by Gasteiger charge is -2.40. The first kappa shape index (κ1) is 14.5. The van der Waals surface area contributed by atoms with Crippen molar-refractivity contribution in [2.24, 2.45) is 5.92 Å². The van der Waals surface area contributed by atoms with Crippen molar-refractivity contribution in [2.45, 2.75) is 19.4 Å². The second-order valence-electron chi connectivity index (χ2n) is 4.88. The second kappa shape index (κ2) is 6.04. The number of nitrogens with zero attached hydrogens (tertiary/aromatic N) is 1. The molecule has 1 atom stereocenters. The molecular weight excluding hydrogens is 280 g/mol. The third kappa shape index (κ3) is 3.36. The monoisotopic (exact) mass is 296 g/mol. The van der Waals surface area contributed by atoms with Crippen molar-refractivity contribution in [3.8, 4) is 0 Å². The second-order valence-corrected chi connectivity index (χ2v) is 5.83. The lowest BCUT2D eigenvalue weighted by Crippen LogP contribution is -2.56. The summed E-state index contributed by atoms with van der Waals surface area (Å²) in [5, 5.41) is 13.1. The van der Waals surface area contributed by atoms with Crippen LogP contribution in [0.15, 0.2) is 17.5 Å². The van der Waals surface area contributed by atoms with Gasteiger partial charge in [-0.05, 0) is 18.4 Å². The SMILES string of the molecule is CC(NC(=O)c1cccs1)C(=O)N1CC(CC(=O)O)C1. The summed E-state index contributed by atoms with van der Waals surface area (Å²) in [6.45, 7) is 2.53. The molecule has 7 heteroatoms. The Morgan fingerprint density at radius 2 is 2.20 bits per heavy atom. The predicted octanol–water partition coefficient (Wildman–Crippen LogP) is 0.800. The fraction of sp³-hybridized carbons (Fsp3) is 0.462. The number of carbonyl (C=O) groups is 3. The molecule has 1 saturated heterocycles. The first-order valence-corrected chi connectivity index (χ1v) is 7.20. The van der Waals surface area contributed by atoms with Crippen molar-refractivity contribution in [1.29, 1.82) is 0 Å². The lowest BCUT2D eigenvalue weighted by molar-refractivity contribution is -0.145. The van der Waals surface area contributed by atoms with Crippen LogP contribution >= 0.6 is 11.3 Å². The van der Waals surface area contributed by atoms with Gasteiger partial charge >= 0.3 is 5.97 Å². The molecule has 1 aromatic heterocycles. The molecule has 2 heterocycles. The average Bonchev–Trinajstić information content (AvgIpc) is 2.85. The summed E-state index contributed by atoms with van der Waals surface area (Å²) >= 11 is 1.32. The molecule has 0 aliphatic carbocycles. The van der Waals surface area contributed by atoms with Crippen LogP contribution in [0.2, 0.25) is 0 Å². The van der Waals surface area contributed by atoms with Crippen molar-refractivity contribution >= 4 is 29.1 Å². The van der Waals surface area contributed by atoms with Crippen LogP contribution in [-0.2, 0) is 9.59 Å². The van der Waals surface area contributed by atoms with Crippen LogP contribution in [0.4, 0.5) is 0 Å². The molecule has 0 saturated carbocycles. The van der Waals surface area contributed by atoms with Gasteiger partial charge in [0.25, 0.3) is 5.91 Å². The number of hydrogen-bond donors (Lipinski definition) is 2. The van der Waals surface area contributed by atoms with E-state index in [1.807, 2.05) is 0 Å². The van der Waals surface area contributed by atoms with E-state index < -0.39 is 12.0 Å². The smallest absolute Gasteiger partial charge is 0.303 e. The highest BCUT2D eigenvalue weighted by atomic mass is 32.1. The number of rotatable bonds is 5. The minimum Gasteiger partial charge on any atom is -0.481 e. The Kier molecular flexibility index (Phi) is 4.39. The Morgan fingerprint density at radius 3 is 2.75 bits per heavy atom. The number of carboxylic acids is 1. The average molecular weight is 296 g/mol. The summed E-state index contributed by atoms with van der Waals surface area (Å²) in [5.74, 6) is -1.25. The van der Waals surface area contributed by atoms with Crippen LogP contribution < -0.4 is 5.32 Å². The fourth-order valence-corrected chi connectivity index (χ4v) is 2.76. The van der Waals surface area contributed by atoms with E-state index in [0.29, 0.717) is 18.0 Å². The first-order chi connectivity index (χ1) is 9.47. The molecule has 1 unspecified atom stereocenters. The van der Waals surface area contributed by atoms with E-state index in [2.05, 4.69) is 5.32 Å². The Hall–Kier alpha value is -1.89. The van der Waals surface area contributed by atoms with Gasteiger partial charge in [-0.3, -0.25) is 14.4 Å². The fourth-order valence-electron chi connectivity index (χ4n) is 2.14. The van der Waals surface area contributed by atoms with Gasteiger partial charge in [0.2, 0.25) is 5.91 Å². The maximum atomic E-state index is 12.0. The van der Waals surface area contributed by atoms with Gasteiger partial charge in [0.15, 0.2) is 0 Å². The topological polar surface area (TPSA) is 86.7 Å². The third-order valence-electron chi connectivity index (χ3n) is 3.20. The van der Waals surface area contributed by atoms with E-state index in [4.69, 9.17) is 5.11 Å². The maximum absolute atomic E-state index is 12.0. The van der Waals surface area contributed by atoms with E-state index in [1.54, 1.807) is 29.3 Å². The van der Waals surface area contributed by atoms with E-state index in [-0.39, 0.29) is 24.2 Å². The molecule has 6 nitrogen and oxygen atoms in total. The molecule has 1 fully saturated rings. The summed E-state index contributed by atoms with van der Waals surface area (Å²) < 4.78 is 0.